The van der Waals surface area contributed by atoms with Gasteiger partial charge in [0.2, 0.25) is 5.91 Å². The fraction of sp³-hybridized carbons (Fsp3) is 0.917. The molecule has 16 heavy (non-hydrogen) atoms. The lowest BCUT2D eigenvalue weighted by Gasteiger charge is -2.29. The predicted molar refractivity (Wildman–Crippen MR) is 64.0 cm³/mol. The Kier molecular flexibility index (Phi) is 5.22. The maximum Gasteiger partial charge on any atom is 0.237 e. The van der Waals surface area contributed by atoms with Gasteiger partial charge in [-0.05, 0) is 31.6 Å². The molecule has 0 aromatic carbocycles. The number of hydrogen-bond acceptors (Lipinski definition) is 3. The number of rotatable bonds is 4. The molecule has 1 amide bonds. The van der Waals surface area contributed by atoms with E-state index in [1.54, 1.807) is 0 Å². The van der Waals surface area contributed by atoms with Crippen molar-refractivity contribution < 1.29 is 9.53 Å². The Hall–Kier alpha value is -0.610. The fourth-order valence-electron chi connectivity index (χ4n) is 1.96. The van der Waals surface area contributed by atoms with Gasteiger partial charge in [-0.3, -0.25) is 4.79 Å². The molecule has 4 heteroatoms. The Bertz CT molecular complexity index is 225. The topological polar surface area (TPSA) is 64.4 Å². The number of carbonyl (C=O) groups is 1. The second kappa shape index (κ2) is 6.21. The van der Waals surface area contributed by atoms with Gasteiger partial charge in [0.05, 0.1) is 6.04 Å². The normalized spacial score (nSPS) is 21.8. The molecule has 1 saturated heterocycles. The van der Waals surface area contributed by atoms with Crippen molar-refractivity contribution in [2.45, 2.75) is 45.7 Å². The van der Waals surface area contributed by atoms with Crippen molar-refractivity contribution in [1.82, 2.24) is 5.32 Å². The maximum absolute atomic E-state index is 11.8. The first-order valence-electron chi connectivity index (χ1n) is 6.16. The highest BCUT2D eigenvalue weighted by Crippen LogP contribution is 2.18. The van der Waals surface area contributed by atoms with E-state index < -0.39 is 6.04 Å². The summed E-state index contributed by atoms with van der Waals surface area (Å²) >= 11 is 0. The molecule has 0 aromatic heterocycles. The minimum absolute atomic E-state index is 0.0333. The van der Waals surface area contributed by atoms with E-state index >= 15 is 0 Å². The summed E-state index contributed by atoms with van der Waals surface area (Å²) in [4.78, 5) is 11.8. The van der Waals surface area contributed by atoms with Crippen LogP contribution in [0.15, 0.2) is 0 Å². The summed E-state index contributed by atoms with van der Waals surface area (Å²) in [5.74, 6) is 0.674. The van der Waals surface area contributed by atoms with Crippen LogP contribution in [0.5, 0.6) is 0 Å². The third-order valence-corrected chi connectivity index (χ3v) is 3.36. The fourth-order valence-corrected chi connectivity index (χ4v) is 1.96. The van der Waals surface area contributed by atoms with Crippen LogP contribution >= 0.6 is 0 Å². The van der Waals surface area contributed by atoms with Crippen LogP contribution in [0.3, 0.4) is 0 Å². The lowest BCUT2D eigenvalue weighted by Crippen LogP contribution is -2.49. The molecule has 0 saturated carbocycles. The van der Waals surface area contributed by atoms with Crippen molar-refractivity contribution in [3.8, 4) is 0 Å². The Morgan fingerprint density at radius 1 is 1.31 bits per heavy atom. The van der Waals surface area contributed by atoms with Gasteiger partial charge in [-0.15, -0.1) is 0 Å². The van der Waals surface area contributed by atoms with E-state index in [2.05, 4.69) is 12.2 Å². The van der Waals surface area contributed by atoms with Gasteiger partial charge in [0.1, 0.15) is 0 Å². The lowest BCUT2D eigenvalue weighted by molar-refractivity contribution is -0.124. The number of nitrogens with one attached hydrogen (secondary N) is 1. The summed E-state index contributed by atoms with van der Waals surface area (Å²) in [6, 6.07) is -0.205. The van der Waals surface area contributed by atoms with Crippen molar-refractivity contribution in [3.63, 3.8) is 0 Å². The van der Waals surface area contributed by atoms with Crippen molar-refractivity contribution in [2.24, 2.45) is 17.6 Å². The summed E-state index contributed by atoms with van der Waals surface area (Å²) in [5.41, 5.74) is 5.80. The molecule has 1 fully saturated rings. The van der Waals surface area contributed by atoms with Crippen molar-refractivity contribution >= 4 is 5.91 Å². The van der Waals surface area contributed by atoms with Crippen LogP contribution in [-0.2, 0) is 9.53 Å². The first-order chi connectivity index (χ1) is 7.52. The van der Waals surface area contributed by atoms with Crippen molar-refractivity contribution in [3.05, 3.63) is 0 Å². The van der Waals surface area contributed by atoms with E-state index in [1.807, 2.05) is 13.8 Å². The number of amides is 1. The van der Waals surface area contributed by atoms with Crippen LogP contribution in [0.1, 0.15) is 33.6 Å². The lowest BCUT2D eigenvalue weighted by atomic mass is 9.92. The summed E-state index contributed by atoms with van der Waals surface area (Å²) < 4.78 is 5.30. The van der Waals surface area contributed by atoms with E-state index in [1.165, 1.54) is 0 Å². The number of carbonyl (C=O) groups excluding carboxylic acids is 1. The molecule has 4 nitrogen and oxygen atoms in total. The molecule has 0 radical (unpaired) electrons. The van der Waals surface area contributed by atoms with E-state index in [4.69, 9.17) is 10.5 Å². The largest absolute Gasteiger partial charge is 0.381 e. The molecule has 1 aliphatic rings. The van der Waals surface area contributed by atoms with Gasteiger partial charge in [-0.1, -0.05) is 13.8 Å². The average molecular weight is 228 g/mol. The van der Waals surface area contributed by atoms with Gasteiger partial charge in [0.25, 0.3) is 0 Å². The zero-order chi connectivity index (χ0) is 12.1. The number of ether oxygens (including phenoxy) is 1. The Balaban J connectivity index is 2.37. The molecule has 0 aromatic rings. The molecule has 0 bridgehead atoms. The summed E-state index contributed by atoms with van der Waals surface area (Å²) in [6.07, 6.45) is 2.05. The van der Waals surface area contributed by atoms with Crippen molar-refractivity contribution in [1.29, 1.82) is 0 Å². The molecular formula is C12H24N2O2. The standard InChI is InChI=1S/C12H24N2O2/c1-8(2)11(13)12(15)14-9(3)10-4-6-16-7-5-10/h8-11H,4-7,13H2,1-3H3,(H,14,15)/t9?,11-/m0/s1. The number of nitrogens with two attached hydrogens (primary N) is 1. The van der Waals surface area contributed by atoms with Gasteiger partial charge in [-0.2, -0.15) is 0 Å². The van der Waals surface area contributed by atoms with Gasteiger partial charge >= 0.3 is 0 Å². The maximum atomic E-state index is 11.8. The SMILES string of the molecule is CC(NC(=O)[C@@H](N)C(C)C)C1CCOCC1. The summed E-state index contributed by atoms with van der Waals surface area (Å²) in [5, 5.41) is 3.01. The van der Waals surface area contributed by atoms with Gasteiger partial charge in [-0.25, -0.2) is 0 Å². The highest BCUT2D eigenvalue weighted by molar-refractivity contribution is 5.81. The first kappa shape index (κ1) is 13.5. The number of hydrogen-bond donors (Lipinski definition) is 2. The van der Waals surface area contributed by atoms with E-state index in [9.17, 15) is 4.79 Å². The average Bonchev–Trinajstić information content (AvgIpc) is 2.28. The Morgan fingerprint density at radius 2 is 1.88 bits per heavy atom. The molecular weight excluding hydrogens is 204 g/mol. The molecule has 2 atom stereocenters. The Labute approximate surface area is 97.9 Å². The van der Waals surface area contributed by atoms with Crippen LogP contribution in [0, 0.1) is 11.8 Å². The second-order valence-electron chi connectivity index (χ2n) is 5.02. The molecule has 94 valence electrons. The molecule has 1 heterocycles. The smallest absolute Gasteiger partial charge is 0.237 e. The third kappa shape index (κ3) is 3.76. The van der Waals surface area contributed by atoms with Crippen LogP contribution in [0.2, 0.25) is 0 Å². The van der Waals surface area contributed by atoms with Crippen LogP contribution in [0.25, 0.3) is 0 Å². The molecule has 0 spiro atoms. The first-order valence-corrected chi connectivity index (χ1v) is 6.16. The van der Waals surface area contributed by atoms with Crippen LogP contribution in [-0.4, -0.2) is 31.2 Å². The summed E-state index contributed by atoms with van der Waals surface area (Å²) in [6.45, 7) is 7.59. The molecule has 0 aliphatic carbocycles. The quantitative estimate of drug-likeness (QED) is 0.751. The van der Waals surface area contributed by atoms with Gasteiger partial charge in [0.15, 0.2) is 0 Å². The molecule has 1 unspecified atom stereocenters. The zero-order valence-corrected chi connectivity index (χ0v) is 10.5. The van der Waals surface area contributed by atoms with E-state index in [-0.39, 0.29) is 17.9 Å². The van der Waals surface area contributed by atoms with Crippen LogP contribution in [0.4, 0.5) is 0 Å². The van der Waals surface area contributed by atoms with E-state index in [0.717, 1.165) is 26.1 Å². The highest BCUT2D eigenvalue weighted by atomic mass is 16.5. The molecule has 1 aliphatic heterocycles. The van der Waals surface area contributed by atoms with E-state index in [0.29, 0.717) is 5.92 Å². The second-order valence-corrected chi connectivity index (χ2v) is 5.02. The third-order valence-electron chi connectivity index (χ3n) is 3.36. The van der Waals surface area contributed by atoms with Crippen molar-refractivity contribution in [2.75, 3.05) is 13.2 Å². The minimum Gasteiger partial charge on any atom is -0.381 e. The van der Waals surface area contributed by atoms with Gasteiger partial charge in [0, 0.05) is 19.3 Å². The Morgan fingerprint density at radius 3 is 2.38 bits per heavy atom. The monoisotopic (exact) mass is 228 g/mol. The minimum atomic E-state index is -0.401. The highest BCUT2D eigenvalue weighted by Gasteiger charge is 2.24. The summed E-state index contributed by atoms with van der Waals surface area (Å²) in [7, 11) is 0. The predicted octanol–water partition coefficient (Wildman–Crippen LogP) is 0.901. The van der Waals surface area contributed by atoms with Gasteiger partial charge < -0.3 is 15.8 Å². The molecule has 1 rings (SSSR count). The van der Waals surface area contributed by atoms with Crippen LogP contribution < -0.4 is 11.1 Å². The zero-order valence-electron chi connectivity index (χ0n) is 10.5. The molecule has 3 N–H and O–H groups in total.